The van der Waals surface area contributed by atoms with Crippen LogP contribution in [0.15, 0.2) is 72.8 Å². The van der Waals surface area contributed by atoms with E-state index in [2.05, 4.69) is 87.5 Å². The van der Waals surface area contributed by atoms with E-state index in [0.29, 0.717) is 5.92 Å². The highest BCUT2D eigenvalue weighted by molar-refractivity contribution is 6.02. The molecule has 2 unspecified atom stereocenters. The fourth-order valence-electron chi connectivity index (χ4n) is 5.87. The average Bonchev–Trinajstić information content (AvgIpc) is 2.87. The zero-order chi connectivity index (χ0) is 23.7. The summed E-state index contributed by atoms with van der Waals surface area (Å²) in [4.78, 5) is 12.9. The maximum absolute atomic E-state index is 12.9. The fourth-order valence-corrected chi connectivity index (χ4v) is 5.87. The highest BCUT2D eigenvalue weighted by Crippen LogP contribution is 2.37. The van der Waals surface area contributed by atoms with Gasteiger partial charge >= 0.3 is 0 Å². The first kappa shape index (κ1) is 22.8. The zero-order valence-electron chi connectivity index (χ0n) is 20.8. The SMILES string of the molecule is Cc1ccccc1CC1C(=O)C=Cc2ccc(C(C)c3ccc(C4CCC(C)CC4)cc3)cc21. The number of allylic oxidation sites excluding steroid dienone is 1. The van der Waals surface area contributed by atoms with E-state index >= 15 is 0 Å². The molecule has 0 N–H and O–H groups in total. The summed E-state index contributed by atoms with van der Waals surface area (Å²) in [6.45, 7) is 6.81. The molecule has 0 aliphatic heterocycles. The van der Waals surface area contributed by atoms with E-state index in [-0.39, 0.29) is 11.7 Å². The molecule has 0 saturated heterocycles. The summed E-state index contributed by atoms with van der Waals surface area (Å²) in [5, 5.41) is 0. The van der Waals surface area contributed by atoms with Gasteiger partial charge < -0.3 is 0 Å². The van der Waals surface area contributed by atoms with E-state index in [1.807, 2.05) is 6.08 Å². The molecule has 0 heterocycles. The van der Waals surface area contributed by atoms with E-state index in [1.165, 1.54) is 64.6 Å². The second-order valence-electron chi connectivity index (χ2n) is 10.7. The number of rotatable bonds is 5. The Hall–Kier alpha value is -2.93. The van der Waals surface area contributed by atoms with E-state index in [0.717, 1.165) is 18.3 Å². The van der Waals surface area contributed by atoms with Gasteiger partial charge in [0.25, 0.3) is 0 Å². The van der Waals surface area contributed by atoms with Crippen LogP contribution in [0, 0.1) is 12.8 Å². The number of ketones is 1. The lowest BCUT2D eigenvalue weighted by Gasteiger charge is -2.27. The molecule has 3 aromatic rings. The fraction of sp³-hybridized carbons (Fsp3) is 0.364. The van der Waals surface area contributed by atoms with Gasteiger partial charge in [0.15, 0.2) is 5.78 Å². The minimum Gasteiger partial charge on any atom is -0.294 e. The standard InChI is InChI=1S/C33H36O/c1-22-8-10-26(11-9-22)27-14-12-25(13-15-27)24(3)30-17-16-28-18-19-33(34)32(31(28)21-30)20-29-7-5-4-6-23(29)2/h4-7,12-19,21-22,24,26,32H,8-11,20H2,1-3H3. The first-order valence-corrected chi connectivity index (χ1v) is 13.0. The number of carbonyl (C=O) groups excluding carboxylic acids is 1. The Morgan fingerprint density at radius 1 is 0.853 bits per heavy atom. The second-order valence-corrected chi connectivity index (χ2v) is 10.7. The Morgan fingerprint density at radius 2 is 1.56 bits per heavy atom. The van der Waals surface area contributed by atoms with Gasteiger partial charge in [0, 0.05) is 5.92 Å². The number of aryl methyl sites for hydroxylation is 1. The Morgan fingerprint density at radius 3 is 2.29 bits per heavy atom. The van der Waals surface area contributed by atoms with Crippen molar-refractivity contribution in [2.45, 2.75) is 70.6 Å². The van der Waals surface area contributed by atoms with Gasteiger partial charge in [-0.2, -0.15) is 0 Å². The van der Waals surface area contributed by atoms with Gasteiger partial charge in [-0.05, 0) is 83.0 Å². The molecule has 2 aliphatic rings. The molecule has 5 rings (SSSR count). The lowest BCUT2D eigenvalue weighted by Crippen LogP contribution is -2.18. The molecule has 0 amide bonds. The summed E-state index contributed by atoms with van der Waals surface area (Å²) < 4.78 is 0. The molecule has 1 saturated carbocycles. The summed E-state index contributed by atoms with van der Waals surface area (Å²) in [6, 6.07) is 24.5. The Balaban J connectivity index is 1.39. The summed E-state index contributed by atoms with van der Waals surface area (Å²) in [7, 11) is 0. The van der Waals surface area contributed by atoms with Crippen molar-refractivity contribution < 1.29 is 4.79 Å². The van der Waals surface area contributed by atoms with E-state index < -0.39 is 0 Å². The van der Waals surface area contributed by atoms with Crippen LogP contribution < -0.4 is 0 Å². The van der Waals surface area contributed by atoms with Crippen LogP contribution in [0.1, 0.15) is 96.2 Å². The maximum Gasteiger partial charge on any atom is 0.163 e. The molecule has 1 heteroatoms. The second kappa shape index (κ2) is 9.74. The highest BCUT2D eigenvalue weighted by atomic mass is 16.1. The molecule has 0 aromatic heterocycles. The van der Waals surface area contributed by atoms with Crippen LogP contribution >= 0.6 is 0 Å². The van der Waals surface area contributed by atoms with Crippen LogP contribution in [0.3, 0.4) is 0 Å². The minimum atomic E-state index is -0.107. The number of hydrogen-bond acceptors (Lipinski definition) is 1. The molecule has 0 bridgehead atoms. The minimum absolute atomic E-state index is 0.107. The largest absolute Gasteiger partial charge is 0.294 e. The Labute approximate surface area is 204 Å². The van der Waals surface area contributed by atoms with E-state index in [9.17, 15) is 4.79 Å². The first-order chi connectivity index (χ1) is 16.5. The molecule has 1 fully saturated rings. The third kappa shape index (κ3) is 4.67. The normalized spacial score (nSPS) is 22.9. The molecular weight excluding hydrogens is 412 g/mol. The van der Waals surface area contributed by atoms with Crippen molar-refractivity contribution in [3.8, 4) is 0 Å². The number of fused-ring (bicyclic) bond motifs is 1. The van der Waals surface area contributed by atoms with Crippen molar-refractivity contribution in [3.05, 3.63) is 112 Å². The lowest BCUT2D eigenvalue weighted by atomic mass is 9.78. The van der Waals surface area contributed by atoms with Gasteiger partial charge in [-0.25, -0.2) is 0 Å². The monoisotopic (exact) mass is 448 g/mol. The molecule has 1 nitrogen and oxygen atoms in total. The van der Waals surface area contributed by atoms with Crippen LogP contribution in [0.25, 0.3) is 6.08 Å². The molecule has 34 heavy (non-hydrogen) atoms. The molecule has 174 valence electrons. The van der Waals surface area contributed by atoms with E-state index in [4.69, 9.17) is 0 Å². The molecule has 2 aliphatic carbocycles. The summed E-state index contributed by atoms with van der Waals surface area (Å²) in [5.74, 6) is 2.02. The van der Waals surface area contributed by atoms with E-state index in [1.54, 1.807) is 6.08 Å². The van der Waals surface area contributed by atoms with Crippen LogP contribution in [0.2, 0.25) is 0 Å². The summed E-state index contributed by atoms with van der Waals surface area (Å²) >= 11 is 0. The van der Waals surface area contributed by atoms with Gasteiger partial charge in [0.2, 0.25) is 0 Å². The van der Waals surface area contributed by atoms with Crippen molar-refractivity contribution in [3.63, 3.8) is 0 Å². The number of carbonyl (C=O) groups is 1. The average molecular weight is 449 g/mol. The van der Waals surface area contributed by atoms with Gasteiger partial charge in [-0.15, -0.1) is 0 Å². The van der Waals surface area contributed by atoms with Crippen molar-refractivity contribution in [2.24, 2.45) is 5.92 Å². The molecule has 2 atom stereocenters. The Kier molecular flexibility index (Phi) is 6.55. The van der Waals surface area contributed by atoms with Crippen molar-refractivity contribution >= 4 is 11.9 Å². The summed E-state index contributed by atoms with van der Waals surface area (Å²) in [6.07, 6.45) is 9.87. The number of hydrogen-bond donors (Lipinski definition) is 0. The summed E-state index contributed by atoms with van der Waals surface area (Å²) in [5.41, 5.74) is 9.00. The van der Waals surface area contributed by atoms with Gasteiger partial charge in [-0.1, -0.05) is 99.5 Å². The molecule has 0 spiro atoms. The van der Waals surface area contributed by atoms with Gasteiger partial charge in [0.1, 0.15) is 0 Å². The van der Waals surface area contributed by atoms with Crippen molar-refractivity contribution in [2.75, 3.05) is 0 Å². The van der Waals surface area contributed by atoms with Crippen molar-refractivity contribution in [1.29, 1.82) is 0 Å². The van der Waals surface area contributed by atoms with Crippen LogP contribution in [-0.4, -0.2) is 5.78 Å². The Bertz CT molecular complexity index is 1190. The quantitative estimate of drug-likeness (QED) is 0.383. The number of benzene rings is 3. The molecular formula is C33H36O. The third-order valence-electron chi connectivity index (χ3n) is 8.37. The zero-order valence-corrected chi connectivity index (χ0v) is 20.8. The van der Waals surface area contributed by atoms with Gasteiger partial charge in [0.05, 0.1) is 5.92 Å². The highest BCUT2D eigenvalue weighted by Gasteiger charge is 2.26. The van der Waals surface area contributed by atoms with Crippen LogP contribution in [-0.2, 0) is 11.2 Å². The third-order valence-corrected chi connectivity index (χ3v) is 8.37. The first-order valence-electron chi connectivity index (χ1n) is 13.0. The van der Waals surface area contributed by atoms with Crippen LogP contribution in [0.4, 0.5) is 0 Å². The van der Waals surface area contributed by atoms with Crippen molar-refractivity contribution in [1.82, 2.24) is 0 Å². The topological polar surface area (TPSA) is 17.1 Å². The van der Waals surface area contributed by atoms with Gasteiger partial charge in [-0.3, -0.25) is 4.79 Å². The maximum atomic E-state index is 12.9. The predicted molar refractivity (Wildman–Crippen MR) is 142 cm³/mol. The lowest BCUT2D eigenvalue weighted by molar-refractivity contribution is -0.116. The predicted octanol–water partition coefficient (Wildman–Crippen LogP) is 8.36. The smallest absolute Gasteiger partial charge is 0.163 e. The van der Waals surface area contributed by atoms with Crippen LogP contribution in [0.5, 0.6) is 0 Å². The molecule has 0 radical (unpaired) electrons. The molecule has 3 aromatic carbocycles.